The molecule has 19 heavy (non-hydrogen) atoms. The number of fused-ring (bicyclic) bond motifs is 1. The molecule has 1 aromatic carbocycles. The van der Waals surface area contributed by atoms with E-state index in [-0.39, 0.29) is 5.91 Å². The van der Waals surface area contributed by atoms with E-state index in [0.29, 0.717) is 12.0 Å². The van der Waals surface area contributed by atoms with Crippen LogP contribution in [0.25, 0.3) is 10.9 Å². The van der Waals surface area contributed by atoms with Crippen molar-refractivity contribution < 1.29 is 14.7 Å². The average Bonchev–Trinajstić information content (AvgIpc) is 2.43. The van der Waals surface area contributed by atoms with Crippen molar-refractivity contribution in [3.8, 4) is 0 Å². The Balaban J connectivity index is 2.24. The van der Waals surface area contributed by atoms with Crippen molar-refractivity contribution in [1.29, 1.82) is 0 Å². The molecule has 2 N–H and O–H groups in total. The highest BCUT2D eigenvalue weighted by Gasteiger charge is 2.18. The number of carboxylic acids is 1. The normalized spacial score (nSPS) is 12.1. The van der Waals surface area contributed by atoms with Gasteiger partial charge >= 0.3 is 5.97 Å². The highest BCUT2D eigenvalue weighted by molar-refractivity contribution is 5.99. The summed E-state index contributed by atoms with van der Waals surface area (Å²) in [5.41, 5.74) is 1.23. The van der Waals surface area contributed by atoms with E-state index in [4.69, 9.17) is 5.11 Å². The highest BCUT2D eigenvalue weighted by atomic mass is 16.4. The van der Waals surface area contributed by atoms with Gasteiger partial charge < -0.3 is 10.4 Å². The first-order valence-corrected chi connectivity index (χ1v) is 6.00. The number of nitrogens with zero attached hydrogens (tertiary/aromatic N) is 1. The van der Waals surface area contributed by atoms with Crippen LogP contribution in [-0.2, 0) is 4.79 Å². The van der Waals surface area contributed by atoms with Crippen LogP contribution in [0, 0.1) is 0 Å². The second-order valence-corrected chi connectivity index (χ2v) is 4.18. The zero-order chi connectivity index (χ0) is 13.8. The van der Waals surface area contributed by atoms with Crippen LogP contribution in [0.1, 0.15) is 23.7 Å². The fraction of sp³-hybridized carbons (Fsp3) is 0.214. The summed E-state index contributed by atoms with van der Waals surface area (Å²) in [6, 6.07) is 7.86. The summed E-state index contributed by atoms with van der Waals surface area (Å²) in [5, 5.41) is 12.3. The third-order valence-electron chi connectivity index (χ3n) is 2.88. The van der Waals surface area contributed by atoms with Gasteiger partial charge in [0.1, 0.15) is 6.04 Å². The van der Waals surface area contributed by atoms with Crippen LogP contribution in [0.5, 0.6) is 0 Å². The van der Waals surface area contributed by atoms with E-state index >= 15 is 0 Å². The fourth-order valence-corrected chi connectivity index (χ4v) is 1.80. The van der Waals surface area contributed by atoms with Gasteiger partial charge in [-0.25, -0.2) is 4.79 Å². The van der Waals surface area contributed by atoms with E-state index in [1.54, 1.807) is 37.4 Å². The fourth-order valence-electron chi connectivity index (χ4n) is 1.80. The Labute approximate surface area is 110 Å². The lowest BCUT2D eigenvalue weighted by molar-refractivity contribution is -0.139. The number of hydrogen-bond donors (Lipinski definition) is 2. The van der Waals surface area contributed by atoms with Crippen LogP contribution in [0.4, 0.5) is 0 Å². The van der Waals surface area contributed by atoms with Crippen molar-refractivity contribution in [2.75, 3.05) is 0 Å². The van der Waals surface area contributed by atoms with Gasteiger partial charge in [0.25, 0.3) is 5.91 Å². The molecule has 2 rings (SSSR count). The van der Waals surface area contributed by atoms with E-state index in [0.717, 1.165) is 10.9 Å². The first kappa shape index (κ1) is 13.0. The van der Waals surface area contributed by atoms with Gasteiger partial charge in [0.15, 0.2) is 0 Å². The van der Waals surface area contributed by atoms with E-state index in [9.17, 15) is 9.59 Å². The zero-order valence-corrected chi connectivity index (χ0v) is 10.5. The molecule has 0 aliphatic heterocycles. The van der Waals surface area contributed by atoms with Crippen molar-refractivity contribution in [3.05, 3.63) is 42.1 Å². The minimum absolute atomic E-state index is 0.343. The van der Waals surface area contributed by atoms with Gasteiger partial charge in [-0.3, -0.25) is 9.78 Å². The maximum absolute atomic E-state index is 12.0. The number of rotatable bonds is 4. The Morgan fingerprint density at radius 1 is 1.37 bits per heavy atom. The highest BCUT2D eigenvalue weighted by Crippen LogP contribution is 2.13. The minimum Gasteiger partial charge on any atom is -0.480 e. The molecule has 0 bridgehead atoms. The molecule has 1 heterocycles. The molecule has 0 unspecified atom stereocenters. The number of nitrogens with one attached hydrogen (secondary N) is 1. The van der Waals surface area contributed by atoms with Gasteiger partial charge in [-0.15, -0.1) is 0 Å². The SMILES string of the molecule is CC[C@H](NC(=O)c1ccc2ncccc2c1)C(=O)O. The van der Waals surface area contributed by atoms with Crippen molar-refractivity contribution in [1.82, 2.24) is 10.3 Å². The van der Waals surface area contributed by atoms with Crippen molar-refractivity contribution in [3.63, 3.8) is 0 Å². The first-order chi connectivity index (χ1) is 9.11. The number of benzene rings is 1. The summed E-state index contributed by atoms with van der Waals surface area (Å²) in [6.45, 7) is 1.71. The van der Waals surface area contributed by atoms with E-state index in [1.807, 2.05) is 6.07 Å². The number of aromatic nitrogens is 1. The summed E-state index contributed by atoms with van der Waals surface area (Å²) in [7, 11) is 0. The van der Waals surface area contributed by atoms with Crippen LogP contribution in [0.2, 0.25) is 0 Å². The minimum atomic E-state index is -1.03. The maximum Gasteiger partial charge on any atom is 0.326 e. The Morgan fingerprint density at radius 2 is 2.16 bits per heavy atom. The lowest BCUT2D eigenvalue weighted by atomic mass is 10.1. The van der Waals surface area contributed by atoms with Gasteiger partial charge in [-0.2, -0.15) is 0 Å². The second kappa shape index (κ2) is 5.48. The molecule has 1 amide bonds. The first-order valence-electron chi connectivity index (χ1n) is 6.00. The molecule has 0 aliphatic rings. The third-order valence-corrected chi connectivity index (χ3v) is 2.88. The van der Waals surface area contributed by atoms with E-state index in [2.05, 4.69) is 10.3 Å². The molecule has 0 fully saturated rings. The number of carbonyl (C=O) groups excluding carboxylic acids is 1. The summed E-state index contributed by atoms with van der Waals surface area (Å²) in [6.07, 6.45) is 2.02. The molecule has 5 heteroatoms. The molecular formula is C14H14N2O3. The Hall–Kier alpha value is -2.43. The number of carboxylic acid groups (broad SMARTS) is 1. The number of amides is 1. The average molecular weight is 258 g/mol. The lowest BCUT2D eigenvalue weighted by Gasteiger charge is -2.12. The van der Waals surface area contributed by atoms with Gasteiger partial charge in [0, 0.05) is 17.1 Å². The molecule has 98 valence electrons. The second-order valence-electron chi connectivity index (χ2n) is 4.18. The molecule has 1 aromatic heterocycles. The molecule has 0 saturated carbocycles. The number of aliphatic carboxylic acids is 1. The summed E-state index contributed by atoms with van der Waals surface area (Å²) in [4.78, 5) is 27.0. The summed E-state index contributed by atoms with van der Waals surface area (Å²) < 4.78 is 0. The van der Waals surface area contributed by atoms with Gasteiger partial charge in [0.2, 0.25) is 0 Å². The van der Waals surface area contributed by atoms with Gasteiger partial charge in [-0.05, 0) is 30.7 Å². The quantitative estimate of drug-likeness (QED) is 0.876. The van der Waals surface area contributed by atoms with Crippen LogP contribution in [0.3, 0.4) is 0 Å². The standard InChI is InChI=1S/C14H14N2O3/c1-2-11(14(18)19)16-13(17)10-5-6-12-9(8-10)4-3-7-15-12/h3-8,11H,2H2,1H3,(H,16,17)(H,18,19)/t11-/m0/s1. The predicted octanol–water partition coefficient (Wildman–Crippen LogP) is 1.83. The zero-order valence-electron chi connectivity index (χ0n) is 10.5. The Kier molecular flexibility index (Phi) is 3.75. The van der Waals surface area contributed by atoms with Gasteiger partial charge in [-0.1, -0.05) is 13.0 Å². The van der Waals surface area contributed by atoms with E-state index in [1.165, 1.54) is 0 Å². The van der Waals surface area contributed by atoms with Crippen LogP contribution in [-0.4, -0.2) is 28.0 Å². The summed E-state index contributed by atoms with van der Waals surface area (Å²) >= 11 is 0. The van der Waals surface area contributed by atoms with Gasteiger partial charge in [0.05, 0.1) is 5.52 Å². The number of carbonyl (C=O) groups is 2. The van der Waals surface area contributed by atoms with E-state index < -0.39 is 12.0 Å². The maximum atomic E-state index is 12.0. The lowest BCUT2D eigenvalue weighted by Crippen LogP contribution is -2.40. The largest absolute Gasteiger partial charge is 0.480 e. The molecule has 0 aliphatic carbocycles. The Morgan fingerprint density at radius 3 is 2.84 bits per heavy atom. The molecule has 2 aromatic rings. The molecule has 0 radical (unpaired) electrons. The third kappa shape index (κ3) is 2.88. The van der Waals surface area contributed by atoms with Crippen LogP contribution in [0.15, 0.2) is 36.5 Å². The van der Waals surface area contributed by atoms with Crippen molar-refractivity contribution in [2.24, 2.45) is 0 Å². The monoisotopic (exact) mass is 258 g/mol. The molecule has 0 spiro atoms. The smallest absolute Gasteiger partial charge is 0.326 e. The molecular weight excluding hydrogens is 244 g/mol. The molecule has 1 atom stereocenters. The van der Waals surface area contributed by atoms with Crippen molar-refractivity contribution in [2.45, 2.75) is 19.4 Å². The summed E-state index contributed by atoms with van der Waals surface area (Å²) in [5.74, 6) is -1.42. The van der Waals surface area contributed by atoms with Crippen LogP contribution < -0.4 is 5.32 Å². The Bertz CT molecular complexity index is 625. The molecule has 0 saturated heterocycles. The number of pyridine rings is 1. The van der Waals surface area contributed by atoms with Crippen molar-refractivity contribution >= 4 is 22.8 Å². The molecule has 5 nitrogen and oxygen atoms in total. The predicted molar refractivity (Wildman–Crippen MR) is 70.9 cm³/mol. The number of hydrogen-bond acceptors (Lipinski definition) is 3. The van der Waals surface area contributed by atoms with Crippen LogP contribution >= 0.6 is 0 Å². The topological polar surface area (TPSA) is 79.3 Å².